The molecule has 0 bridgehead atoms. The Balaban J connectivity index is 1.44. The number of rotatable bonds is 7. The standard InChI is InChI=1S/C23H23N3O3/c1-29-21-13-7-17(8-14-21)15-16-24-22(27)23(28)26-20-11-9-19(10-12-20)25-18-5-3-2-4-6-18/h2-14,25H,15-16H2,1H3,(H,24,27)(H,26,28). The van der Waals surface area contributed by atoms with E-state index in [4.69, 9.17) is 4.74 Å². The van der Waals surface area contributed by atoms with Gasteiger partial charge in [0.1, 0.15) is 5.75 Å². The van der Waals surface area contributed by atoms with Crippen LogP contribution in [0.3, 0.4) is 0 Å². The molecule has 0 fully saturated rings. The van der Waals surface area contributed by atoms with E-state index in [0.29, 0.717) is 18.7 Å². The van der Waals surface area contributed by atoms with Crippen molar-refractivity contribution in [3.63, 3.8) is 0 Å². The van der Waals surface area contributed by atoms with Gasteiger partial charge in [0.25, 0.3) is 0 Å². The lowest BCUT2D eigenvalue weighted by molar-refractivity contribution is -0.136. The van der Waals surface area contributed by atoms with Gasteiger partial charge in [-0.3, -0.25) is 9.59 Å². The largest absolute Gasteiger partial charge is 0.497 e. The van der Waals surface area contributed by atoms with Gasteiger partial charge in [-0.15, -0.1) is 0 Å². The Morgan fingerprint density at radius 3 is 2.03 bits per heavy atom. The van der Waals surface area contributed by atoms with Gasteiger partial charge >= 0.3 is 11.8 Å². The monoisotopic (exact) mass is 389 g/mol. The van der Waals surface area contributed by atoms with E-state index in [9.17, 15) is 9.59 Å². The first-order valence-electron chi connectivity index (χ1n) is 9.28. The lowest BCUT2D eigenvalue weighted by Gasteiger charge is -2.09. The zero-order chi connectivity index (χ0) is 20.5. The summed E-state index contributed by atoms with van der Waals surface area (Å²) in [6, 6.07) is 24.5. The molecule has 0 aromatic heterocycles. The average Bonchev–Trinajstić information content (AvgIpc) is 2.76. The topological polar surface area (TPSA) is 79.5 Å². The Morgan fingerprint density at radius 1 is 0.759 bits per heavy atom. The first-order chi connectivity index (χ1) is 14.1. The maximum absolute atomic E-state index is 12.1. The van der Waals surface area contributed by atoms with Gasteiger partial charge in [-0.1, -0.05) is 30.3 Å². The minimum Gasteiger partial charge on any atom is -0.497 e. The summed E-state index contributed by atoms with van der Waals surface area (Å²) in [5.74, 6) is -0.573. The molecular formula is C23H23N3O3. The Hall–Kier alpha value is -3.80. The Labute approximate surface area is 169 Å². The molecule has 3 aromatic carbocycles. The predicted octanol–water partition coefficient (Wildman–Crippen LogP) is 3.74. The summed E-state index contributed by atoms with van der Waals surface area (Å²) in [6.07, 6.45) is 0.628. The molecule has 0 atom stereocenters. The van der Waals surface area contributed by atoms with Gasteiger partial charge in [0, 0.05) is 23.6 Å². The van der Waals surface area contributed by atoms with Crippen molar-refractivity contribution in [2.75, 3.05) is 24.3 Å². The molecule has 3 N–H and O–H groups in total. The Kier molecular flexibility index (Phi) is 6.84. The van der Waals surface area contributed by atoms with Crippen LogP contribution in [0.4, 0.5) is 17.1 Å². The van der Waals surface area contributed by atoms with E-state index in [1.807, 2.05) is 66.7 Å². The molecule has 0 saturated heterocycles. The Bertz CT molecular complexity index is 939. The fourth-order valence-corrected chi connectivity index (χ4v) is 2.71. The molecule has 0 aliphatic carbocycles. The zero-order valence-corrected chi connectivity index (χ0v) is 16.1. The summed E-state index contributed by atoms with van der Waals surface area (Å²) >= 11 is 0. The molecule has 3 aromatic rings. The lowest BCUT2D eigenvalue weighted by Crippen LogP contribution is -2.36. The number of anilines is 3. The highest BCUT2D eigenvalue weighted by Crippen LogP contribution is 2.18. The third-order valence-corrected chi connectivity index (χ3v) is 4.27. The summed E-state index contributed by atoms with van der Waals surface area (Å²) in [4.78, 5) is 24.0. The number of hydrogen-bond acceptors (Lipinski definition) is 4. The second-order valence-corrected chi connectivity index (χ2v) is 6.38. The summed E-state index contributed by atoms with van der Waals surface area (Å²) in [7, 11) is 1.61. The molecule has 0 saturated carbocycles. The van der Waals surface area contributed by atoms with Gasteiger partial charge in [-0.05, 0) is 60.5 Å². The molecule has 0 aliphatic heterocycles. The molecule has 0 radical (unpaired) electrons. The third kappa shape index (κ3) is 6.10. The van der Waals surface area contributed by atoms with Gasteiger partial charge in [0.15, 0.2) is 0 Å². The van der Waals surface area contributed by atoms with Crippen molar-refractivity contribution in [2.45, 2.75) is 6.42 Å². The highest BCUT2D eigenvalue weighted by Gasteiger charge is 2.13. The van der Waals surface area contributed by atoms with Crippen LogP contribution in [0.5, 0.6) is 5.75 Å². The zero-order valence-electron chi connectivity index (χ0n) is 16.1. The highest BCUT2D eigenvalue weighted by molar-refractivity contribution is 6.39. The van der Waals surface area contributed by atoms with Crippen LogP contribution in [-0.4, -0.2) is 25.5 Å². The predicted molar refractivity (Wildman–Crippen MR) is 115 cm³/mol. The SMILES string of the molecule is COc1ccc(CCNC(=O)C(=O)Nc2ccc(Nc3ccccc3)cc2)cc1. The molecular weight excluding hydrogens is 366 g/mol. The second kappa shape index (κ2) is 9.94. The molecule has 6 heteroatoms. The van der Waals surface area contributed by atoms with Gasteiger partial charge in [-0.2, -0.15) is 0 Å². The fraction of sp³-hybridized carbons (Fsp3) is 0.130. The van der Waals surface area contributed by atoms with Crippen LogP contribution in [0, 0.1) is 0 Å². The number of para-hydroxylation sites is 1. The molecule has 148 valence electrons. The average molecular weight is 389 g/mol. The smallest absolute Gasteiger partial charge is 0.313 e. The maximum Gasteiger partial charge on any atom is 0.313 e. The fourth-order valence-electron chi connectivity index (χ4n) is 2.71. The first-order valence-corrected chi connectivity index (χ1v) is 9.28. The van der Waals surface area contributed by atoms with Crippen molar-refractivity contribution >= 4 is 28.9 Å². The minimum absolute atomic E-state index is 0.374. The van der Waals surface area contributed by atoms with Crippen LogP contribution in [0.2, 0.25) is 0 Å². The maximum atomic E-state index is 12.1. The molecule has 0 unspecified atom stereocenters. The van der Waals surface area contributed by atoms with Gasteiger partial charge in [0.05, 0.1) is 7.11 Å². The van der Waals surface area contributed by atoms with Crippen LogP contribution < -0.4 is 20.7 Å². The van der Waals surface area contributed by atoms with Crippen molar-refractivity contribution in [3.8, 4) is 5.75 Å². The number of carbonyl (C=O) groups is 2. The van der Waals surface area contributed by atoms with Gasteiger partial charge in [-0.25, -0.2) is 0 Å². The lowest BCUT2D eigenvalue weighted by atomic mass is 10.1. The van der Waals surface area contributed by atoms with Crippen molar-refractivity contribution in [2.24, 2.45) is 0 Å². The van der Waals surface area contributed by atoms with Crippen LogP contribution in [-0.2, 0) is 16.0 Å². The van der Waals surface area contributed by atoms with Gasteiger partial charge < -0.3 is 20.7 Å². The summed E-state index contributed by atoms with van der Waals surface area (Å²) < 4.78 is 5.11. The number of hydrogen-bond donors (Lipinski definition) is 3. The number of nitrogens with one attached hydrogen (secondary N) is 3. The van der Waals surface area contributed by atoms with E-state index in [-0.39, 0.29) is 0 Å². The third-order valence-electron chi connectivity index (χ3n) is 4.27. The van der Waals surface area contributed by atoms with Crippen molar-refractivity contribution in [3.05, 3.63) is 84.4 Å². The first kappa shape index (κ1) is 19.9. The number of benzene rings is 3. The van der Waals surface area contributed by atoms with E-state index in [0.717, 1.165) is 22.7 Å². The van der Waals surface area contributed by atoms with Crippen molar-refractivity contribution in [1.29, 1.82) is 0 Å². The minimum atomic E-state index is -0.691. The van der Waals surface area contributed by atoms with E-state index in [2.05, 4.69) is 16.0 Å². The summed E-state index contributed by atoms with van der Waals surface area (Å²) in [6.45, 7) is 0.374. The quantitative estimate of drug-likeness (QED) is 0.538. The van der Waals surface area contributed by atoms with Crippen LogP contribution in [0.15, 0.2) is 78.9 Å². The van der Waals surface area contributed by atoms with Crippen molar-refractivity contribution < 1.29 is 14.3 Å². The Morgan fingerprint density at radius 2 is 1.38 bits per heavy atom. The number of methoxy groups -OCH3 is 1. The summed E-state index contributed by atoms with van der Waals surface area (Å²) in [5.41, 5.74) is 3.46. The molecule has 0 aliphatic rings. The number of ether oxygens (including phenoxy) is 1. The van der Waals surface area contributed by atoms with E-state index in [1.165, 1.54) is 0 Å². The van der Waals surface area contributed by atoms with E-state index >= 15 is 0 Å². The van der Waals surface area contributed by atoms with Crippen molar-refractivity contribution in [1.82, 2.24) is 5.32 Å². The van der Waals surface area contributed by atoms with E-state index in [1.54, 1.807) is 19.2 Å². The molecule has 6 nitrogen and oxygen atoms in total. The van der Waals surface area contributed by atoms with Crippen LogP contribution in [0.25, 0.3) is 0 Å². The van der Waals surface area contributed by atoms with Crippen LogP contribution in [0.1, 0.15) is 5.56 Å². The second-order valence-electron chi connectivity index (χ2n) is 6.38. The van der Waals surface area contributed by atoms with Crippen LogP contribution >= 0.6 is 0 Å². The highest BCUT2D eigenvalue weighted by atomic mass is 16.5. The van der Waals surface area contributed by atoms with E-state index < -0.39 is 11.8 Å². The molecule has 29 heavy (non-hydrogen) atoms. The molecule has 0 heterocycles. The molecule has 0 spiro atoms. The number of carbonyl (C=O) groups excluding carboxylic acids is 2. The summed E-state index contributed by atoms with van der Waals surface area (Å²) in [5, 5.41) is 8.49. The molecule has 2 amide bonds. The molecule has 3 rings (SSSR count). The number of amides is 2. The van der Waals surface area contributed by atoms with Gasteiger partial charge in [0.2, 0.25) is 0 Å². The normalized spacial score (nSPS) is 10.1.